The van der Waals surface area contributed by atoms with Crippen LogP contribution < -0.4 is 4.74 Å². The highest BCUT2D eigenvalue weighted by molar-refractivity contribution is 9.10. The van der Waals surface area contributed by atoms with E-state index in [-0.39, 0.29) is 0 Å². The molecule has 0 spiro atoms. The van der Waals surface area contributed by atoms with Crippen molar-refractivity contribution in [3.63, 3.8) is 0 Å². The van der Waals surface area contributed by atoms with Crippen LogP contribution in [0.1, 0.15) is 18.4 Å². The molecule has 2 aromatic rings. The molecule has 2 aromatic heterocycles. The van der Waals surface area contributed by atoms with Crippen LogP contribution in [-0.4, -0.2) is 46.6 Å². The Labute approximate surface area is 126 Å². The quantitative estimate of drug-likeness (QED) is 0.909. The maximum absolute atomic E-state index is 11.0. The van der Waals surface area contributed by atoms with Gasteiger partial charge in [-0.15, -0.1) is 0 Å². The van der Waals surface area contributed by atoms with Crippen LogP contribution in [-0.2, 0) is 5.60 Å². The van der Waals surface area contributed by atoms with Crippen LogP contribution in [0.2, 0.25) is 0 Å². The molecule has 1 N–H and O–H groups in total. The van der Waals surface area contributed by atoms with E-state index in [9.17, 15) is 5.11 Å². The molecule has 1 saturated heterocycles. The Balaban J connectivity index is 2.11. The number of hydrogen-bond donors (Lipinski definition) is 1. The number of rotatable bonds is 2. The Morgan fingerprint density at radius 3 is 2.75 bits per heavy atom. The zero-order valence-corrected chi connectivity index (χ0v) is 13.2. The Kier molecular flexibility index (Phi) is 3.48. The predicted molar refractivity (Wildman–Crippen MR) is 80.1 cm³/mol. The predicted octanol–water partition coefficient (Wildman–Crippen LogP) is 2.02. The first-order valence-corrected chi connectivity index (χ1v) is 7.45. The summed E-state index contributed by atoms with van der Waals surface area (Å²) in [5.41, 5.74) is 0.795. The van der Waals surface area contributed by atoms with E-state index in [1.165, 1.54) is 0 Å². The summed E-state index contributed by atoms with van der Waals surface area (Å²) in [6.45, 7) is 1.76. The number of aliphatic hydroxyl groups is 1. The molecule has 108 valence electrons. The van der Waals surface area contributed by atoms with Crippen molar-refractivity contribution in [3.05, 3.63) is 28.6 Å². The zero-order valence-electron chi connectivity index (χ0n) is 11.6. The first-order chi connectivity index (χ1) is 9.53. The molecular formula is C14H18BrN3O2. The number of piperidine rings is 1. The van der Waals surface area contributed by atoms with Gasteiger partial charge in [0, 0.05) is 30.9 Å². The highest BCUT2D eigenvalue weighted by atomic mass is 79.9. The Hall–Kier alpha value is -1.11. The van der Waals surface area contributed by atoms with Crippen LogP contribution in [0, 0.1) is 0 Å². The van der Waals surface area contributed by atoms with E-state index in [4.69, 9.17) is 4.74 Å². The van der Waals surface area contributed by atoms with Gasteiger partial charge >= 0.3 is 0 Å². The maximum Gasteiger partial charge on any atom is 0.141 e. The lowest BCUT2D eigenvalue weighted by Gasteiger charge is -2.37. The summed E-state index contributed by atoms with van der Waals surface area (Å²) in [5, 5.41) is 11.0. The van der Waals surface area contributed by atoms with Gasteiger partial charge in [-0.1, -0.05) is 0 Å². The highest BCUT2D eigenvalue weighted by Crippen LogP contribution is 2.38. The van der Waals surface area contributed by atoms with Gasteiger partial charge in [-0.3, -0.25) is 4.40 Å². The van der Waals surface area contributed by atoms with Crippen LogP contribution in [0.15, 0.2) is 23.1 Å². The van der Waals surface area contributed by atoms with Gasteiger partial charge in [0.25, 0.3) is 0 Å². The number of fused-ring (bicyclic) bond motifs is 1. The van der Waals surface area contributed by atoms with Gasteiger partial charge in [-0.2, -0.15) is 0 Å². The molecule has 5 nitrogen and oxygen atoms in total. The largest absolute Gasteiger partial charge is 0.496 e. The molecule has 20 heavy (non-hydrogen) atoms. The number of likely N-dealkylation sites (tertiary alicyclic amines) is 1. The number of pyridine rings is 1. The number of nitrogens with zero attached hydrogens (tertiary/aromatic N) is 3. The Morgan fingerprint density at radius 2 is 2.10 bits per heavy atom. The second kappa shape index (κ2) is 5.02. The van der Waals surface area contributed by atoms with Crippen molar-refractivity contribution in [2.24, 2.45) is 0 Å². The first kappa shape index (κ1) is 13.9. The molecule has 0 radical (unpaired) electrons. The zero-order chi connectivity index (χ0) is 14.3. The number of imidazole rings is 1. The van der Waals surface area contributed by atoms with Gasteiger partial charge in [0.05, 0.1) is 18.9 Å². The summed E-state index contributed by atoms with van der Waals surface area (Å²) >= 11 is 3.47. The van der Waals surface area contributed by atoms with Gasteiger partial charge in [0.2, 0.25) is 0 Å². The summed E-state index contributed by atoms with van der Waals surface area (Å²) in [6.07, 6.45) is 5.09. The molecule has 1 fully saturated rings. The van der Waals surface area contributed by atoms with Crippen molar-refractivity contribution < 1.29 is 9.84 Å². The summed E-state index contributed by atoms with van der Waals surface area (Å²) < 4.78 is 8.26. The molecular weight excluding hydrogens is 322 g/mol. The third kappa shape index (κ3) is 2.21. The van der Waals surface area contributed by atoms with E-state index < -0.39 is 5.60 Å². The summed E-state index contributed by atoms with van der Waals surface area (Å²) in [6, 6.07) is 1.87. The average molecular weight is 340 g/mol. The fraction of sp³-hybridized carbons (Fsp3) is 0.500. The van der Waals surface area contributed by atoms with Gasteiger partial charge in [-0.05, 0) is 35.8 Å². The van der Waals surface area contributed by atoms with Crippen LogP contribution in [0.4, 0.5) is 0 Å². The lowest BCUT2D eigenvalue weighted by Crippen LogP contribution is -2.41. The van der Waals surface area contributed by atoms with E-state index in [1.807, 2.05) is 16.7 Å². The van der Waals surface area contributed by atoms with Gasteiger partial charge in [0.1, 0.15) is 16.0 Å². The number of aromatic nitrogens is 2. The Bertz CT molecular complexity index is 633. The highest BCUT2D eigenvalue weighted by Gasteiger charge is 2.36. The van der Waals surface area contributed by atoms with Crippen LogP contribution in [0.5, 0.6) is 5.75 Å². The fourth-order valence-corrected chi connectivity index (χ4v) is 3.14. The molecule has 0 saturated carbocycles. The summed E-state index contributed by atoms with van der Waals surface area (Å²) in [5.74, 6) is 0.697. The van der Waals surface area contributed by atoms with E-state index in [0.29, 0.717) is 18.6 Å². The van der Waals surface area contributed by atoms with Gasteiger partial charge < -0.3 is 14.7 Å². The molecule has 3 rings (SSSR count). The van der Waals surface area contributed by atoms with Crippen molar-refractivity contribution in [2.75, 3.05) is 27.2 Å². The number of ether oxygens (including phenoxy) is 1. The van der Waals surface area contributed by atoms with Crippen LogP contribution in [0.25, 0.3) is 5.65 Å². The minimum Gasteiger partial charge on any atom is -0.496 e. The molecule has 0 aliphatic carbocycles. The third-order valence-corrected chi connectivity index (χ3v) is 4.69. The number of hydrogen-bond acceptors (Lipinski definition) is 4. The van der Waals surface area contributed by atoms with E-state index >= 15 is 0 Å². The molecule has 0 atom stereocenters. The van der Waals surface area contributed by atoms with Gasteiger partial charge in [-0.25, -0.2) is 4.98 Å². The molecule has 0 amide bonds. The van der Waals surface area contributed by atoms with Crippen molar-refractivity contribution in [1.29, 1.82) is 0 Å². The molecule has 1 aliphatic rings. The van der Waals surface area contributed by atoms with Crippen molar-refractivity contribution in [1.82, 2.24) is 14.3 Å². The van der Waals surface area contributed by atoms with Crippen molar-refractivity contribution >= 4 is 21.6 Å². The maximum atomic E-state index is 11.0. The second-order valence-corrected chi connectivity index (χ2v) is 6.21. The topological polar surface area (TPSA) is 50.0 Å². The SMILES string of the molecule is COc1cc2ncc(Br)n2cc1C1(O)CCN(C)CC1. The van der Waals surface area contributed by atoms with E-state index in [2.05, 4.69) is 32.9 Å². The second-order valence-electron chi connectivity index (χ2n) is 5.40. The van der Waals surface area contributed by atoms with Gasteiger partial charge in [0.15, 0.2) is 0 Å². The number of methoxy groups -OCH3 is 1. The Morgan fingerprint density at radius 1 is 1.40 bits per heavy atom. The lowest BCUT2D eigenvalue weighted by atomic mass is 9.85. The first-order valence-electron chi connectivity index (χ1n) is 6.65. The van der Waals surface area contributed by atoms with Crippen molar-refractivity contribution in [3.8, 4) is 5.75 Å². The fourth-order valence-electron chi connectivity index (χ4n) is 2.75. The minimum atomic E-state index is -0.838. The van der Waals surface area contributed by atoms with Crippen molar-refractivity contribution in [2.45, 2.75) is 18.4 Å². The molecule has 0 bridgehead atoms. The standard InChI is InChI=1S/C14H18BrN3O2/c1-17-5-3-14(19,4-6-17)10-9-18-12(15)8-16-13(18)7-11(10)20-2/h7-9,19H,3-6H2,1-2H3. The third-order valence-electron chi connectivity index (χ3n) is 4.10. The normalized spacial score (nSPS) is 19.4. The average Bonchev–Trinajstić information content (AvgIpc) is 2.82. The lowest BCUT2D eigenvalue weighted by molar-refractivity contribution is -0.0222. The number of halogens is 1. The minimum absolute atomic E-state index is 0.697. The smallest absolute Gasteiger partial charge is 0.141 e. The summed E-state index contributed by atoms with van der Waals surface area (Å²) in [4.78, 5) is 6.52. The molecule has 3 heterocycles. The molecule has 0 aromatic carbocycles. The van der Waals surface area contributed by atoms with E-state index in [1.54, 1.807) is 13.3 Å². The van der Waals surface area contributed by atoms with Crippen LogP contribution >= 0.6 is 15.9 Å². The molecule has 1 aliphatic heterocycles. The van der Waals surface area contributed by atoms with E-state index in [0.717, 1.165) is 28.9 Å². The summed E-state index contributed by atoms with van der Waals surface area (Å²) in [7, 11) is 3.71. The molecule has 0 unspecified atom stereocenters. The van der Waals surface area contributed by atoms with Crippen LogP contribution in [0.3, 0.4) is 0 Å². The monoisotopic (exact) mass is 339 g/mol. The molecule has 6 heteroatoms.